The summed E-state index contributed by atoms with van der Waals surface area (Å²) in [6.45, 7) is 2.39. The molecule has 1 unspecified atom stereocenters. The van der Waals surface area contributed by atoms with Crippen LogP contribution in [0.25, 0.3) is 0 Å². The summed E-state index contributed by atoms with van der Waals surface area (Å²) in [7, 11) is 0. The Hall–Kier alpha value is -1.58. The molecule has 0 amide bonds. The summed E-state index contributed by atoms with van der Waals surface area (Å²) < 4.78 is 5.61. The first-order valence-corrected chi connectivity index (χ1v) is 6.12. The number of rotatable bonds is 4. The van der Waals surface area contributed by atoms with Crippen molar-refractivity contribution in [3.63, 3.8) is 0 Å². The first kappa shape index (κ1) is 12.9. The van der Waals surface area contributed by atoms with Crippen molar-refractivity contribution >= 4 is 11.6 Å². The van der Waals surface area contributed by atoms with Gasteiger partial charge >= 0.3 is 0 Å². The average molecular weight is 263 g/mol. The molecule has 1 atom stereocenters. The van der Waals surface area contributed by atoms with Crippen LogP contribution in [0.15, 0.2) is 42.6 Å². The van der Waals surface area contributed by atoms with E-state index in [9.17, 15) is 0 Å². The third-order valence-electron chi connectivity index (χ3n) is 2.58. The largest absolute Gasteiger partial charge is 0.473 e. The zero-order valence-electron chi connectivity index (χ0n) is 10.1. The number of nitrogens with two attached hydrogens (primary N) is 1. The number of pyridine rings is 1. The predicted molar refractivity (Wildman–Crippen MR) is 72.6 cm³/mol. The first-order chi connectivity index (χ1) is 8.65. The Balaban J connectivity index is 2.01. The van der Waals surface area contributed by atoms with Crippen LogP contribution in [-0.4, -0.2) is 4.98 Å². The van der Waals surface area contributed by atoms with Crippen LogP contribution in [0.3, 0.4) is 0 Å². The van der Waals surface area contributed by atoms with Crippen LogP contribution in [-0.2, 0) is 6.61 Å². The molecule has 18 heavy (non-hydrogen) atoms. The highest BCUT2D eigenvalue weighted by molar-refractivity contribution is 6.30. The summed E-state index contributed by atoms with van der Waals surface area (Å²) in [6.07, 6.45) is 1.70. The summed E-state index contributed by atoms with van der Waals surface area (Å²) in [5.74, 6) is 0.583. The lowest BCUT2D eigenvalue weighted by Crippen LogP contribution is -2.06. The van der Waals surface area contributed by atoms with Crippen molar-refractivity contribution in [2.45, 2.75) is 19.6 Å². The highest BCUT2D eigenvalue weighted by atomic mass is 35.5. The van der Waals surface area contributed by atoms with Crippen molar-refractivity contribution in [1.29, 1.82) is 0 Å². The lowest BCUT2D eigenvalue weighted by Gasteiger charge is -2.09. The van der Waals surface area contributed by atoms with Crippen LogP contribution in [0.2, 0.25) is 5.02 Å². The van der Waals surface area contributed by atoms with Gasteiger partial charge in [-0.25, -0.2) is 4.98 Å². The van der Waals surface area contributed by atoms with Gasteiger partial charge in [0.2, 0.25) is 5.88 Å². The van der Waals surface area contributed by atoms with Gasteiger partial charge in [-0.3, -0.25) is 0 Å². The van der Waals surface area contributed by atoms with Crippen LogP contribution in [0.1, 0.15) is 24.1 Å². The summed E-state index contributed by atoms with van der Waals surface area (Å²) in [6, 6.07) is 11.3. The maximum atomic E-state index is 5.82. The molecule has 0 spiro atoms. The molecule has 94 valence electrons. The lowest BCUT2D eigenvalue weighted by atomic mass is 10.1. The van der Waals surface area contributed by atoms with Gasteiger partial charge in [0.15, 0.2) is 0 Å². The van der Waals surface area contributed by atoms with Crippen LogP contribution in [0.5, 0.6) is 5.88 Å². The quantitative estimate of drug-likeness (QED) is 0.919. The maximum absolute atomic E-state index is 5.82. The molecule has 2 aromatic rings. The molecule has 0 aliphatic carbocycles. The number of nitrogens with zero attached hydrogens (tertiary/aromatic N) is 1. The Morgan fingerprint density at radius 3 is 2.67 bits per heavy atom. The molecule has 4 heteroatoms. The minimum atomic E-state index is -0.0223. The average Bonchev–Trinajstić information content (AvgIpc) is 2.38. The van der Waals surface area contributed by atoms with E-state index in [-0.39, 0.29) is 6.04 Å². The third kappa shape index (κ3) is 3.45. The van der Waals surface area contributed by atoms with Crippen molar-refractivity contribution in [2.24, 2.45) is 5.73 Å². The van der Waals surface area contributed by atoms with Gasteiger partial charge in [-0.1, -0.05) is 23.7 Å². The fourth-order valence-electron chi connectivity index (χ4n) is 1.52. The zero-order valence-corrected chi connectivity index (χ0v) is 10.9. The Morgan fingerprint density at radius 1 is 1.28 bits per heavy atom. The smallest absolute Gasteiger partial charge is 0.213 e. The number of ether oxygens (including phenoxy) is 1. The van der Waals surface area contributed by atoms with Gasteiger partial charge in [-0.05, 0) is 36.2 Å². The molecule has 0 radical (unpaired) electrons. The molecule has 2 N–H and O–H groups in total. The predicted octanol–water partition coefficient (Wildman–Crippen LogP) is 3.33. The fraction of sp³-hybridized carbons (Fsp3) is 0.214. The Bertz CT molecular complexity index is 511. The van der Waals surface area contributed by atoms with Crippen LogP contribution >= 0.6 is 11.6 Å². The number of aromatic nitrogens is 1. The molecule has 1 heterocycles. The van der Waals surface area contributed by atoms with E-state index in [1.54, 1.807) is 6.20 Å². The molecule has 0 aliphatic rings. The van der Waals surface area contributed by atoms with Crippen molar-refractivity contribution in [1.82, 2.24) is 4.98 Å². The van der Waals surface area contributed by atoms with E-state index in [0.29, 0.717) is 12.5 Å². The van der Waals surface area contributed by atoms with Crippen molar-refractivity contribution in [3.05, 3.63) is 58.7 Å². The molecule has 0 saturated heterocycles. The number of hydrogen-bond donors (Lipinski definition) is 1. The van der Waals surface area contributed by atoms with Gasteiger partial charge in [0, 0.05) is 23.3 Å². The van der Waals surface area contributed by atoms with Gasteiger partial charge in [0.25, 0.3) is 0 Å². The molecule has 3 nitrogen and oxygen atoms in total. The second-order valence-electron chi connectivity index (χ2n) is 4.13. The summed E-state index contributed by atoms with van der Waals surface area (Å²) in [4.78, 5) is 4.15. The molecule has 0 bridgehead atoms. The van der Waals surface area contributed by atoms with Gasteiger partial charge in [0.1, 0.15) is 6.61 Å². The second-order valence-corrected chi connectivity index (χ2v) is 4.57. The molecule has 1 aromatic heterocycles. The van der Waals surface area contributed by atoms with E-state index in [1.807, 2.05) is 43.3 Å². The van der Waals surface area contributed by atoms with Crippen molar-refractivity contribution in [2.75, 3.05) is 0 Å². The van der Waals surface area contributed by atoms with Gasteiger partial charge < -0.3 is 10.5 Å². The summed E-state index contributed by atoms with van der Waals surface area (Å²) >= 11 is 5.82. The van der Waals surface area contributed by atoms with E-state index in [1.165, 1.54) is 0 Å². The second kappa shape index (κ2) is 5.85. The normalized spacial score (nSPS) is 12.2. The SMILES string of the molecule is CC(N)c1ccnc(OCc2ccc(Cl)cc2)c1. The number of benzene rings is 1. The van der Waals surface area contributed by atoms with Crippen molar-refractivity contribution < 1.29 is 4.74 Å². The molecule has 0 saturated carbocycles. The van der Waals surface area contributed by atoms with Crippen LogP contribution in [0, 0.1) is 0 Å². The first-order valence-electron chi connectivity index (χ1n) is 5.74. The summed E-state index contributed by atoms with van der Waals surface area (Å²) in [5, 5.41) is 0.718. The van der Waals surface area contributed by atoms with Crippen LogP contribution < -0.4 is 10.5 Å². The molecule has 2 rings (SSSR count). The Kier molecular flexibility index (Phi) is 4.18. The van der Waals surface area contributed by atoms with E-state index in [4.69, 9.17) is 22.1 Å². The molecular weight excluding hydrogens is 248 g/mol. The van der Waals surface area contributed by atoms with Gasteiger partial charge in [0.05, 0.1) is 0 Å². The summed E-state index contributed by atoms with van der Waals surface area (Å²) in [5.41, 5.74) is 7.87. The van der Waals surface area contributed by atoms with E-state index in [0.717, 1.165) is 16.1 Å². The molecular formula is C14H15ClN2O. The minimum Gasteiger partial charge on any atom is -0.473 e. The van der Waals surface area contributed by atoms with E-state index >= 15 is 0 Å². The van der Waals surface area contributed by atoms with Crippen LogP contribution in [0.4, 0.5) is 0 Å². The number of halogens is 1. The lowest BCUT2D eigenvalue weighted by molar-refractivity contribution is 0.293. The fourth-order valence-corrected chi connectivity index (χ4v) is 1.65. The molecule has 0 fully saturated rings. The highest BCUT2D eigenvalue weighted by Crippen LogP contribution is 2.16. The highest BCUT2D eigenvalue weighted by Gasteiger charge is 2.02. The zero-order chi connectivity index (χ0) is 13.0. The van der Waals surface area contributed by atoms with Gasteiger partial charge in [-0.2, -0.15) is 0 Å². The van der Waals surface area contributed by atoms with E-state index in [2.05, 4.69) is 4.98 Å². The van der Waals surface area contributed by atoms with Crippen molar-refractivity contribution in [3.8, 4) is 5.88 Å². The Labute approximate surface area is 112 Å². The Morgan fingerprint density at radius 2 is 2.00 bits per heavy atom. The number of hydrogen-bond acceptors (Lipinski definition) is 3. The third-order valence-corrected chi connectivity index (χ3v) is 2.84. The topological polar surface area (TPSA) is 48.1 Å². The standard InChI is InChI=1S/C14H15ClN2O/c1-10(16)12-6-7-17-14(8-12)18-9-11-2-4-13(15)5-3-11/h2-8,10H,9,16H2,1H3. The molecule has 1 aromatic carbocycles. The molecule has 0 aliphatic heterocycles. The monoisotopic (exact) mass is 262 g/mol. The minimum absolute atomic E-state index is 0.0223. The van der Waals surface area contributed by atoms with Gasteiger partial charge in [-0.15, -0.1) is 0 Å². The van der Waals surface area contributed by atoms with E-state index < -0.39 is 0 Å². The maximum Gasteiger partial charge on any atom is 0.213 e.